The molecule has 3 rings (SSSR count). The zero-order valence-corrected chi connectivity index (χ0v) is 13.7. The summed E-state index contributed by atoms with van der Waals surface area (Å²) in [5.41, 5.74) is 1.98. The molecule has 0 aliphatic heterocycles. The quantitative estimate of drug-likeness (QED) is 0.669. The highest BCUT2D eigenvalue weighted by Crippen LogP contribution is 2.30. The Hall–Kier alpha value is -1.89. The van der Waals surface area contributed by atoms with Crippen LogP contribution in [0.2, 0.25) is 0 Å². The number of benzene rings is 1. The van der Waals surface area contributed by atoms with E-state index in [9.17, 15) is 0 Å². The molecule has 106 valence electrons. The molecule has 2 aromatic heterocycles. The number of rotatable bonds is 4. The van der Waals surface area contributed by atoms with Gasteiger partial charge >= 0.3 is 0 Å². The van der Waals surface area contributed by atoms with Gasteiger partial charge in [0.15, 0.2) is 11.6 Å². The van der Waals surface area contributed by atoms with E-state index in [1.165, 1.54) is 0 Å². The molecule has 0 unspecified atom stereocenters. The maximum atomic E-state index is 5.43. The minimum absolute atomic E-state index is 0.593. The molecule has 0 atom stereocenters. The van der Waals surface area contributed by atoms with Crippen LogP contribution in [0.4, 0.5) is 5.82 Å². The number of furan rings is 1. The smallest absolute Gasteiger partial charge is 0.198 e. The number of nitrogens with zero attached hydrogens (tertiary/aromatic N) is 2. The lowest BCUT2D eigenvalue weighted by Gasteiger charge is -2.11. The van der Waals surface area contributed by atoms with Crippen LogP contribution in [-0.2, 0) is 0 Å². The second-order valence-corrected chi connectivity index (χ2v) is 5.51. The molecule has 0 aliphatic carbocycles. The summed E-state index contributed by atoms with van der Waals surface area (Å²) >= 11 is 2.28. The number of hydrogen-bond donors (Lipinski definition) is 1. The molecule has 3 aromatic rings. The maximum absolute atomic E-state index is 5.43. The SMILES string of the molecule is CCNc1nc(-c2ccco2)nc(-c2ccccc2)c1I. The first-order chi connectivity index (χ1) is 10.3. The zero-order valence-electron chi connectivity index (χ0n) is 11.5. The lowest BCUT2D eigenvalue weighted by Crippen LogP contribution is -2.06. The van der Waals surface area contributed by atoms with E-state index in [4.69, 9.17) is 4.42 Å². The fourth-order valence-corrected chi connectivity index (χ4v) is 2.78. The summed E-state index contributed by atoms with van der Waals surface area (Å²) in [5, 5.41) is 3.29. The Bertz CT molecular complexity index is 727. The van der Waals surface area contributed by atoms with Gasteiger partial charge in [0.25, 0.3) is 0 Å². The lowest BCUT2D eigenvalue weighted by molar-refractivity contribution is 0.577. The van der Waals surface area contributed by atoms with E-state index in [1.807, 2.05) is 49.4 Å². The summed E-state index contributed by atoms with van der Waals surface area (Å²) in [7, 11) is 0. The predicted molar refractivity (Wildman–Crippen MR) is 92.1 cm³/mol. The average Bonchev–Trinajstić information content (AvgIpc) is 3.05. The van der Waals surface area contributed by atoms with Gasteiger partial charge in [0, 0.05) is 12.1 Å². The van der Waals surface area contributed by atoms with Crippen LogP contribution in [0.1, 0.15) is 6.92 Å². The lowest BCUT2D eigenvalue weighted by atomic mass is 10.1. The second-order valence-electron chi connectivity index (χ2n) is 4.43. The fourth-order valence-electron chi connectivity index (χ4n) is 2.03. The van der Waals surface area contributed by atoms with E-state index < -0.39 is 0 Å². The monoisotopic (exact) mass is 391 g/mol. The van der Waals surface area contributed by atoms with Crippen LogP contribution in [-0.4, -0.2) is 16.5 Å². The molecule has 0 fully saturated rings. The molecule has 0 radical (unpaired) electrons. The van der Waals surface area contributed by atoms with Crippen LogP contribution in [0, 0.1) is 3.57 Å². The van der Waals surface area contributed by atoms with Crippen LogP contribution >= 0.6 is 22.6 Å². The first-order valence-electron chi connectivity index (χ1n) is 6.70. The van der Waals surface area contributed by atoms with Crippen LogP contribution in [0.5, 0.6) is 0 Å². The highest BCUT2D eigenvalue weighted by atomic mass is 127. The standard InChI is InChI=1S/C16H14IN3O/c1-2-18-16-13(17)14(11-7-4-3-5-8-11)19-15(20-16)12-9-6-10-21-12/h3-10H,2H2,1H3,(H,18,19,20). The third-order valence-electron chi connectivity index (χ3n) is 2.98. The summed E-state index contributed by atoms with van der Waals surface area (Å²) < 4.78 is 6.44. The molecule has 21 heavy (non-hydrogen) atoms. The van der Waals surface area contributed by atoms with Crippen LogP contribution in [0.25, 0.3) is 22.8 Å². The van der Waals surface area contributed by atoms with Crippen molar-refractivity contribution in [2.45, 2.75) is 6.92 Å². The van der Waals surface area contributed by atoms with Crippen molar-refractivity contribution in [2.75, 3.05) is 11.9 Å². The minimum atomic E-state index is 0.593. The van der Waals surface area contributed by atoms with E-state index in [0.29, 0.717) is 11.6 Å². The highest BCUT2D eigenvalue weighted by molar-refractivity contribution is 14.1. The van der Waals surface area contributed by atoms with E-state index in [2.05, 4.69) is 37.9 Å². The van der Waals surface area contributed by atoms with Gasteiger partial charge in [-0.15, -0.1) is 0 Å². The maximum Gasteiger partial charge on any atom is 0.198 e. The second kappa shape index (κ2) is 6.26. The molecule has 0 saturated heterocycles. The first-order valence-corrected chi connectivity index (χ1v) is 7.78. The Balaban J connectivity index is 2.18. The van der Waals surface area contributed by atoms with Crippen LogP contribution in [0.3, 0.4) is 0 Å². The van der Waals surface area contributed by atoms with E-state index in [-0.39, 0.29) is 0 Å². The Morgan fingerprint density at radius 2 is 1.90 bits per heavy atom. The molecular formula is C16H14IN3O. The van der Waals surface area contributed by atoms with Crippen LogP contribution < -0.4 is 5.32 Å². The van der Waals surface area contributed by atoms with Crippen molar-refractivity contribution in [2.24, 2.45) is 0 Å². The van der Waals surface area contributed by atoms with Crippen molar-refractivity contribution < 1.29 is 4.42 Å². The molecule has 2 heterocycles. The number of hydrogen-bond acceptors (Lipinski definition) is 4. The zero-order chi connectivity index (χ0) is 14.7. The molecule has 4 nitrogen and oxygen atoms in total. The van der Waals surface area contributed by atoms with Gasteiger partial charge < -0.3 is 9.73 Å². The molecule has 1 N–H and O–H groups in total. The van der Waals surface area contributed by atoms with Crippen molar-refractivity contribution in [3.05, 3.63) is 52.3 Å². The Morgan fingerprint density at radius 3 is 2.57 bits per heavy atom. The van der Waals surface area contributed by atoms with Crippen molar-refractivity contribution in [3.63, 3.8) is 0 Å². The third-order valence-corrected chi connectivity index (χ3v) is 4.01. The van der Waals surface area contributed by atoms with Crippen molar-refractivity contribution >= 4 is 28.4 Å². The van der Waals surface area contributed by atoms with Crippen LogP contribution in [0.15, 0.2) is 53.1 Å². The van der Waals surface area contributed by atoms with Gasteiger partial charge in [-0.3, -0.25) is 0 Å². The Labute approximate surface area is 136 Å². The van der Waals surface area contributed by atoms with Crippen molar-refractivity contribution in [1.29, 1.82) is 0 Å². The minimum Gasteiger partial charge on any atom is -0.461 e. The summed E-state index contributed by atoms with van der Waals surface area (Å²) in [4.78, 5) is 9.24. The highest BCUT2D eigenvalue weighted by Gasteiger charge is 2.15. The normalized spacial score (nSPS) is 10.6. The van der Waals surface area contributed by atoms with Gasteiger partial charge in [0.1, 0.15) is 5.82 Å². The summed E-state index contributed by atoms with van der Waals surface area (Å²) in [6.07, 6.45) is 1.63. The molecular weight excluding hydrogens is 377 g/mol. The van der Waals surface area contributed by atoms with Gasteiger partial charge in [-0.2, -0.15) is 0 Å². The number of anilines is 1. The Kier molecular flexibility index (Phi) is 4.19. The summed E-state index contributed by atoms with van der Waals surface area (Å²) in [5.74, 6) is 2.09. The summed E-state index contributed by atoms with van der Waals surface area (Å²) in [6.45, 7) is 2.85. The Morgan fingerprint density at radius 1 is 1.10 bits per heavy atom. The van der Waals surface area contributed by atoms with Crippen molar-refractivity contribution in [3.8, 4) is 22.8 Å². The average molecular weight is 391 g/mol. The molecule has 0 bridgehead atoms. The van der Waals surface area contributed by atoms with Gasteiger partial charge in [-0.1, -0.05) is 30.3 Å². The van der Waals surface area contributed by atoms with E-state index >= 15 is 0 Å². The molecule has 0 aliphatic rings. The molecule has 5 heteroatoms. The topological polar surface area (TPSA) is 51.0 Å². The molecule has 0 saturated carbocycles. The molecule has 1 aromatic carbocycles. The summed E-state index contributed by atoms with van der Waals surface area (Å²) in [6, 6.07) is 13.8. The number of halogens is 1. The van der Waals surface area contributed by atoms with Gasteiger partial charge in [0.05, 0.1) is 15.5 Å². The molecule has 0 spiro atoms. The van der Waals surface area contributed by atoms with Gasteiger partial charge in [-0.25, -0.2) is 9.97 Å². The number of nitrogens with one attached hydrogen (secondary N) is 1. The van der Waals surface area contributed by atoms with E-state index in [0.717, 1.165) is 27.2 Å². The van der Waals surface area contributed by atoms with Gasteiger partial charge in [-0.05, 0) is 41.6 Å². The largest absolute Gasteiger partial charge is 0.461 e. The van der Waals surface area contributed by atoms with Crippen molar-refractivity contribution in [1.82, 2.24) is 9.97 Å². The fraction of sp³-hybridized carbons (Fsp3) is 0.125. The van der Waals surface area contributed by atoms with E-state index in [1.54, 1.807) is 6.26 Å². The first kappa shape index (κ1) is 14.1. The van der Waals surface area contributed by atoms with Gasteiger partial charge in [0.2, 0.25) is 0 Å². The third kappa shape index (κ3) is 2.92. The molecule has 0 amide bonds. The number of aromatic nitrogens is 2. The predicted octanol–water partition coefficient (Wildman–Crippen LogP) is 4.44.